The van der Waals surface area contributed by atoms with Gasteiger partial charge in [-0.3, -0.25) is 0 Å². The number of nitrogens with one attached hydrogen (secondary N) is 1. The van der Waals surface area contributed by atoms with Crippen LogP contribution < -0.4 is 10.1 Å². The largest absolute Gasteiger partial charge is 0.436 e. The monoisotopic (exact) mass is 311 g/mol. The zero-order chi connectivity index (χ0) is 13.1. The maximum atomic E-state index is 13.5. The highest BCUT2D eigenvalue weighted by Crippen LogP contribution is 2.28. The second-order valence-corrected chi connectivity index (χ2v) is 4.52. The van der Waals surface area contributed by atoms with E-state index in [9.17, 15) is 4.39 Å². The van der Waals surface area contributed by atoms with Crippen molar-refractivity contribution in [3.8, 4) is 11.6 Å². The van der Waals surface area contributed by atoms with Crippen LogP contribution in [0, 0.1) is 12.7 Å². The summed E-state index contributed by atoms with van der Waals surface area (Å²) in [6, 6.07) is 5.45. The Labute approximate surface area is 112 Å². The fourth-order valence-corrected chi connectivity index (χ4v) is 1.85. The predicted octanol–water partition coefficient (Wildman–Crippen LogP) is 3.52. The van der Waals surface area contributed by atoms with E-state index in [1.165, 1.54) is 0 Å². The normalized spacial score (nSPS) is 10.2. The minimum atomic E-state index is -0.601. The number of benzene rings is 1. The number of anilines is 1. The van der Waals surface area contributed by atoms with Crippen LogP contribution in [0.25, 0.3) is 0 Å². The Bertz CT molecular complexity index is 577. The first-order chi connectivity index (χ1) is 8.60. The zero-order valence-electron chi connectivity index (χ0n) is 9.87. The molecule has 0 fully saturated rings. The molecule has 94 valence electrons. The summed E-state index contributed by atoms with van der Waals surface area (Å²) < 4.78 is 19.9. The van der Waals surface area contributed by atoms with Crippen molar-refractivity contribution < 1.29 is 9.13 Å². The molecule has 0 bridgehead atoms. The lowest BCUT2D eigenvalue weighted by molar-refractivity contribution is 0.418. The van der Waals surface area contributed by atoms with Crippen LogP contribution in [-0.2, 0) is 0 Å². The molecule has 0 spiro atoms. The molecule has 0 saturated carbocycles. The number of hydrogen-bond donors (Lipinski definition) is 1. The van der Waals surface area contributed by atoms with Gasteiger partial charge in [-0.15, -0.1) is 0 Å². The number of hydrogen-bond acceptors (Lipinski definition) is 4. The maximum Gasteiger partial charge on any atom is 0.260 e. The standard InChI is InChI=1S/C12H11BrFN3O/c1-7-5-8(13)3-4-10(7)18-11-9(14)6-16-12(15-2)17-11/h3-6H,1-2H3,(H,15,16,17). The summed E-state index contributed by atoms with van der Waals surface area (Å²) in [6.45, 7) is 1.87. The molecule has 0 unspecified atom stereocenters. The molecule has 0 atom stereocenters. The van der Waals surface area contributed by atoms with Crippen LogP contribution in [-0.4, -0.2) is 17.0 Å². The third kappa shape index (κ3) is 2.76. The van der Waals surface area contributed by atoms with Crippen molar-refractivity contribution in [3.05, 3.63) is 40.2 Å². The van der Waals surface area contributed by atoms with Crippen molar-refractivity contribution in [1.29, 1.82) is 0 Å². The topological polar surface area (TPSA) is 47.0 Å². The van der Waals surface area contributed by atoms with Gasteiger partial charge in [0.15, 0.2) is 0 Å². The van der Waals surface area contributed by atoms with E-state index in [0.29, 0.717) is 11.7 Å². The Balaban J connectivity index is 2.33. The number of aromatic nitrogens is 2. The van der Waals surface area contributed by atoms with Crippen molar-refractivity contribution in [2.45, 2.75) is 6.92 Å². The molecule has 2 rings (SSSR count). The summed E-state index contributed by atoms with van der Waals surface area (Å²) >= 11 is 3.35. The maximum absolute atomic E-state index is 13.5. The predicted molar refractivity (Wildman–Crippen MR) is 70.5 cm³/mol. The first-order valence-corrected chi connectivity index (χ1v) is 6.03. The molecule has 1 N–H and O–H groups in total. The Morgan fingerprint density at radius 3 is 2.83 bits per heavy atom. The van der Waals surface area contributed by atoms with Gasteiger partial charge < -0.3 is 10.1 Å². The smallest absolute Gasteiger partial charge is 0.260 e. The molecule has 0 aliphatic rings. The fraction of sp³-hybridized carbons (Fsp3) is 0.167. The van der Waals surface area contributed by atoms with Gasteiger partial charge in [-0.05, 0) is 30.7 Å². The van der Waals surface area contributed by atoms with E-state index in [1.54, 1.807) is 13.1 Å². The van der Waals surface area contributed by atoms with Crippen LogP contribution in [0.15, 0.2) is 28.9 Å². The average Bonchev–Trinajstić information content (AvgIpc) is 2.35. The zero-order valence-corrected chi connectivity index (χ0v) is 11.5. The van der Waals surface area contributed by atoms with Crippen LogP contribution in [0.4, 0.5) is 10.3 Å². The van der Waals surface area contributed by atoms with E-state index >= 15 is 0 Å². The summed E-state index contributed by atoms with van der Waals surface area (Å²) in [5, 5.41) is 2.73. The molecule has 18 heavy (non-hydrogen) atoms. The molecule has 0 aliphatic heterocycles. The summed E-state index contributed by atoms with van der Waals surface area (Å²) in [5.74, 6) is 0.162. The van der Waals surface area contributed by atoms with E-state index in [1.807, 2.05) is 19.1 Å². The van der Waals surface area contributed by atoms with Gasteiger partial charge in [-0.1, -0.05) is 15.9 Å². The Morgan fingerprint density at radius 2 is 2.17 bits per heavy atom. The van der Waals surface area contributed by atoms with Gasteiger partial charge in [0.25, 0.3) is 5.88 Å². The summed E-state index contributed by atoms with van der Waals surface area (Å²) in [6.07, 6.45) is 1.07. The lowest BCUT2D eigenvalue weighted by atomic mass is 10.2. The minimum Gasteiger partial charge on any atom is -0.436 e. The first kappa shape index (κ1) is 12.8. The minimum absolute atomic E-state index is 0.0974. The molecular formula is C12H11BrFN3O. The molecule has 1 aromatic heterocycles. The van der Waals surface area contributed by atoms with E-state index in [2.05, 4.69) is 31.2 Å². The van der Waals surface area contributed by atoms with Gasteiger partial charge in [-0.25, -0.2) is 4.98 Å². The number of halogens is 2. The highest BCUT2D eigenvalue weighted by Gasteiger charge is 2.10. The van der Waals surface area contributed by atoms with Gasteiger partial charge in [-0.2, -0.15) is 9.37 Å². The molecule has 0 radical (unpaired) electrons. The highest BCUT2D eigenvalue weighted by atomic mass is 79.9. The summed E-state index contributed by atoms with van der Waals surface area (Å²) in [7, 11) is 1.65. The van der Waals surface area contributed by atoms with Gasteiger partial charge in [0.05, 0.1) is 6.20 Å². The highest BCUT2D eigenvalue weighted by molar-refractivity contribution is 9.10. The number of rotatable bonds is 3. The van der Waals surface area contributed by atoms with Gasteiger partial charge in [0, 0.05) is 11.5 Å². The molecule has 0 aliphatic carbocycles. The first-order valence-electron chi connectivity index (χ1n) is 5.24. The van der Waals surface area contributed by atoms with Crippen molar-refractivity contribution in [2.75, 3.05) is 12.4 Å². The van der Waals surface area contributed by atoms with E-state index in [4.69, 9.17) is 4.74 Å². The van der Waals surface area contributed by atoms with Crippen molar-refractivity contribution in [2.24, 2.45) is 0 Å². The summed E-state index contributed by atoms with van der Waals surface area (Å²) in [5.41, 5.74) is 0.883. The van der Waals surface area contributed by atoms with Gasteiger partial charge in [0.1, 0.15) is 5.75 Å². The average molecular weight is 312 g/mol. The summed E-state index contributed by atoms with van der Waals surface area (Å²) in [4.78, 5) is 7.67. The Kier molecular flexibility index (Phi) is 3.76. The van der Waals surface area contributed by atoms with Crippen molar-refractivity contribution >= 4 is 21.9 Å². The van der Waals surface area contributed by atoms with Crippen LogP contribution in [0.2, 0.25) is 0 Å². The fourth-order valence-electron chi connectivity index (χ4n) is 1.37. The van der Waals surface area contributed by atoms with E-state index in [0.717, 1.165) is 16.2 Å². The molecule has 0 amide bonds. The number of ether oxygens (including phenoxy) is 1. The molecule has 2 aromatic rings. The quantitative estimate of drug-likeness (QED) is 0.942. The molecule has 4 nitrogen and oxygen atoms in total. The van der Waals surface area contributed by atoms with Crippen molar-refractivity contribution in [3.63, 3.8) is 0 Å². The lowest BCUT2D eigenvalue weighted by Gasteiger charge is -2.09. The Morgan fingerprint density at radius 1 is 1.39 bits per heavy atom. The molecule has 1 aromatic carbocycles. The van der Waals surface area contributed by atoms with E-state index in [-0.39, 0.29) is 5.88 Å². The van der Waals surface area contributed by atoms with Gasteiger partial charge >= 0.3 is 0 Å². The van der Waals surface area contributed by atoms with Crippen LogP contribution in [0.3, 0.4) is 0 Å². The van der Waals surface area contributed by atoms with E-state index < -0.39 is 5.82 Å². The second kappa shape index (κ2) is 5.30. The molecule has 1 heterocycles. The third-order valence-corrected chi connectivity index (χ3v) is 2.77. The molecular weight excluding hydrogens is 301 g/mol. The third-order valence-electron chi connectivity index (χ3n) is 2.28. The molecule has 0 saturated heterocycles. The Hall–Kier alpha value is -1.69. The van der Waals surface area contributed by atoms with Crippen molar-refractivity contribution in [1.82, 2.24) is 9.97 Å². The SMILES string of the molecule is CNc1ncc(F)c(Oc2ccc(Br)cc2C)n1. The van der Waals surface area contributed by atoms with Gasteiger partial charge in [0.2, 0.25) is 11.8 Å². The van der Waals surface area contributed by atoms with Crippen LogP contribution in [0.5, 0.6) is 11.6 Å². The van der Waals surface area contributed by atoms with Crippen LogP contribution >= 0.6 is 15.9 Å². The number of aryl methyl sites for hydroxylation is 1. The second-order valence-electron chi connectivity index (χ2n) is 3.61. The lowest BCUT2D eigenvalue weighted by Crippen LogP contribution is -2.00. The molecule has 6 heteroatoms. The number of nitrogens with zero attached hydrogens (tertiary/aromatic N) is 2. The van der Waals surface area contributed by atoms with Crippen LogP contribution in [0.1, 0.15) is 5.56 Å².